The summed E-state index contributed by atoms with van der Waals surface area (Å²) in [4.78, 5) is 14.1. The van der Waals surface area contributed by atoms with Crippen molar-refractivity contribution in [3.8, 4) is 0 Å². The Balaban J connectivity index is 2.12. The first-order valence-corrected chi connectivity index (χ1v) is 6.94. The monoisotopic (exact) mass is 277 g/mol. The normalized spacial score (nSPS) is 23.6. The summed E-state index contributed by atoms with van der Waals surface area (Å²) < 4.78 is 5.60. The van der Waals surface area contributed by atoms with E-state index in [4.69, 9.17) is 10.6 Å². The minimum atomic E-state index is -0.243. The predicted molar refractivity (Wildman–Crippen MR) is 78.0 cm³/mol. The number of ether oxygens (including phenoxy) is 1. The van der Waals surface area contributed by atoms with Gasteiger partial charge in [-0.2, -0.15) is 0 Å². The molecule has 1 aromatic carbocycles. The van der Waals surface area contributed by atoms with E-state index in [-0.39, 0.29) is 11.5 Å². The molecule has 0 aromatic heterocycles. The number of carbonyl (C=O) groups excluding carboxylic acids is 1. The zero-order valence-corrected chi connectivity index (χ0v) is 12.2. The van der Waals surface area contributed by atoms with Crippen LogP contribution in [-0.4, -0.2) is 36.6 Å². The van der Waals surface area contributed by atoms with E-state index in [1.54, 1.807) is 13.2 Å². The van der Waals surface area contributed by atoms with Crippen LogP contribution in [0, 0.1) is 0 Å². The van der Waals surface area contributed by atoms with E-state index in [1.807, 2.05) is 18.2 Å². The van der Waals surface area contributed by atoms with Crippen molar-refractivity contribution in [1.29, 1.82) is 0 Å². The molecule has 5 heteroatoms. The lowest BCUT2D eigenvalue weighted by molar-refractivity contribution is -0.0527. The highest BCUT2D eigenvalue weighted by Gasteiger charge is 2.30. The highest BCUT2D eigenvalue weighted by Crippen LogP contribution is 2.25. The molecule has 1 aliphatic heterocycles. The van der Waals surface area contributed by atoms with Gasteiger partial charge in [-0.1, -0.05) is 18.2 Å². The number of piperidine rings is 1. The zero-order valence-electron chi connectivity index (χ0n) is 12.2. The van der Waals surface area contributed by atoms with E-state index in [0.29, 0.717) is 5.56 Å². The Labute approximate surface area is 120 Å². The molecule has 1 heterocycles. The molecule has 0 saturated carbocycles. The average molecular weight is 277 g/mol. The van der Waals surface area contributed by atoms with Crippen molar-refractivity contribution in [2.45, 2.75) is 31.9 Å². The van der Waals surface area contributed by atoms with Crippen LogP contribution in [0.25, 0.3) is 0 Å². The first-order valence-electron chi connectivity index (χ1n) is 6.94. The van der Waals surface area contributed by atoms with Gasteiger partial charge in [-0.05, 0) is 37.9 Å². The van der Waals surface area contributed by atoms with Crippen molar-refractivity contribution < 1.29 is 9.53 Å². The Bertz CT molecular complexity index is 478. The molecule has 0 radical (unpaired) electrons. The van der Waals surface area contributed by atoms with Gasteiger partial charge < -0.3 is 4.74 Å². The molecule has 20 heavy (non-hydrogen) atoms. The minimum absolute atomic E-state index is 0.0939. The lowest BCUT2D eigenvalue weighted by Crippen LogP contribution is -2.47. The summed E-state index contributed by atoms with van der Waals surface area (Å²) in [6.45, 7) is 4.78. The maximum Gasteiger partial charge on any atom is 0.265 e. The van der Waals surface area contributed by atoms with Crippen LogP contribution in [0.15, 0.2) is 24.3 Å². The van der Waals surface area contributed by atoms with Crippen molar-refractivity contribution >= 4 is 5.91 Å². The van der Waals surface area contributed by atoms with Crippen LogP contribution in [0.4, 0.5) is 0 Å². The highest BCUT2D eigenvalue weighted by atomic mass is 16.5. The van der Waals surface area contributed by atoms with Gasteiger partial charge in [0.15, 0.2) is 0 Å². The van der Waals surface area contributed by atoms with Gasteiger partial charge in [0.25, 0.3) is 5.91 Å². The van der Waals surface area contributed by atoms with E-state index in [1.165, 1.54) is 0 Å². The maximum absolute atomic E-state index is 11.8. The number of nitrogens with one attached hydrogen (secondary N) is 1. The summed E-state index contributed by atoms with van der Waals surface area (Å²) in [7, 11) is 1.76. The Morgan fingerprint density at radius 3 is 2.95 bits per heavy atom. The summed E-state index contributed by atoms with van der Waals surface area (Å²) >= 11 is 0. The van der Waals surface area contributed by atoms with Crippen molar-refractivity contribution in [2.75, 3.05) is 20.2 Å². The molecular weight excluding hydrogens is 254 g/mol. The van der Waals surface area contributed by atoms with Gasteiger partial charge in [-0.25, -0.2) is 5.84 Å². The largest absolute Gasteiger partial charge is 0.377 e. The quantitative estimate of drug-likeness (QED) is 0.494. The molecule has 0 spiro atoms. The molecule has 2 rings (SSSR count). The summed E-state index contributed by atoms with van der Waals surface area (Å²) in [5.41, 5.74) is 3.74. The molecule has 0 bridgehead atoms. The third-order valence-corrected chi connectivity index (χ3v) is 4.02. The summed E-state index contributed by atoms with van der Waals surface area (Å²) in [5.74, 6) is 4.99. The van der Waals surface area contributed by atoms with Gasteiger partial charge in [-0.3, -0.25) is 15.1 Å². The topological polar surface area (TPSA) is 67.6 Å². The lowest BCUT2D eigenvalue weighted by Gasteiger charge is -2.39. The smallest absolute Gasteiger partial charge is 0.265 e. The van der Waals surface area contributed by atoms with Crippen LogP contribution in [0.2, 0.25) is 0 Å². The number of methoxy groups -OCH3 is 1. The Morgan fingerprint density at radius 1 is 1.50 bits per heavy atom. The second-order valence-corrected chi connectivity index (χ2v) is 5.60. The first kappa shape index (κ1) is 15.0. The van der Waals surface area contributed by atoms with Gasteiger partial charge in [0.05, 0.1) is 5.60 Å². The molecular formula is C15H23N3O2. The molecule has 1 unspecified atom stereocenters. The summed E-state index contributed by atoms with van der Waals surface area (Å²) in [5, 5.41) is 0. The fraction of sp³-hybridized carbons (Fsp3) is 0.533. The second-order valence-electron chi connectivity index (χ2n) is 5.60. The Hall–Kier alpha value is -1.43. The molecule has 1 atom stereocenters. The van der Waals surface area contributed by atoms with Gasteiger partial charge >= 0.3 is 0 Å². The number of hydrogen-bond acceptors (Lipinski definition) is 4. The average Bonchev–Trinajstić information content (AvgIpc) is 2.47. The summed E-state index contributed by atoms with van der Waals surface area (Å²) in [6, 6.07) is 7.58. The van der Waals surface area contributed by atoms with Crippen LogP contribution in [0.1, 0.15) is 35.7 Å². The predicted octanol–water partition coefficient (Wildman–Crippen LogP) is 1.29. The van der Waals surface area contributed by atoms with Crippen LogP contribution in [0.5, 0.6) is 0 Å². The number of nitrogens with zero attached hydrogens (tertiary/aromatic N) is 1. The van der Waals surface area contributed by atoms with E-state index >= 15 is 0 Å². The van der Waals surface area contributed by atoms with Crippen molar-refractivity contribution in [2.24, 2.45) is 5.84 Å². The van der Waals surface area contributed by atoms with Gasteiger partial charge in [0, 0.05) is 25.8 Å². The first-order chi connectivity index (χ1) is 9.58. The minimum Gasteiger partial charge on any atom is -0.377 e. The third-order valence-electron chi connectivity index (χ3n) is 4.02. The molecule has 1 aliphatic rings. The third kappa shape index (κ3) is 3.36. The number of carbonyl (C=O) groups is 1. The van der Waals surface area contributed by atoms with Gasteiger partial charge in [-0.15, -0.1) is 0 Å². The van der Waals surface area contributed by atoms with Crippen LogP contribution in [-0.2, 0) is 11.3 Å². The molecule has 1 aromatic rings. The van der Waals surface area contributed by atoms with Gasteiger partial charge in [0.2, 0.25) is 0 Å². The summed E-state index contributed by atoms with van der Waals surface area (Å²) in [6.07, 6.45) is 2.18. The van der Waals surface area contributed by atoms with E-state index in [0.717, 1.165) is 38.0 Å². The number of hydrogen-bond donors (Lipinski definition) is 2. The van der Waals surface area contributed by atoms with Crippen LogP contribution < -0.4 is 11.3 Å². The number of amides is 1. The number of nitrogens with two attached hydrogens (primary N) is 1. The number of nitrogen functional groups attached to an aromatic ring is 1. The number of benzene rings is 1. The van der Waals surface area contributed by atoms with E-state index < -0.39 is 0 Å². The molecule has 110 valence electrons. The molecule has 0 aliphatic carbocycles. The Morgan fingerprint density at radius 2 is 2.25 bits per heavy atom. The highest BCUT2D eigenvalue weighted by molar-refractivity contribution is 5.95. The molecule has 5 nitrogen and oxygen atoms in total. The van der Waals surface area contributed by atoms with Crippen molar-refractivity contribution in [3.05, 3.63) is 35.4 Å². The number of likely N-dealkylation sites (tertiary alicyclic amines) is 1. The maximum atomic E-state index is 11.8. The van der Waals surface area contributed by atoms with E-state index in [2.05, 4.69) is 17.2 Å². The zero-order chi connectivity index (χ0) is 14.6. The standard InChI is InChI=1S/C15H23N3O2/c1-15(20-2)8-5-9-18(11-15)10-12-6-3-4-7-13(12)14(19)17-16/h3-4,6-7H,5,8-11,16H2,1-2H3,(H,17,19). The lowest BCUT2D eigenvalue weighted by atomic mass is 9.94. The number of hydrazine groups is 1. The SMILES string of the molecule is COC1(C)CCCN(Cc2ccccc2C(=O)NN)C1. The fourth-order valence-corrected chi connectivity index (χ4v) is 2.81. The van der Waals surface area contributed by atoms with E-state index in [9.17, 15) is 4.79 Å². The molecule has 1 saturated heterocycles. The van der Waals surface area contributed by atoms with Crippen molar-refractivity contribution in [1.82, 2.24) is 10.3 Å². The Kier molecular flexibility index (Phi) is 4.75. The fourth-order valence-electron chi connectivity index (χ4n) is 2.81. The van der Waals surface area contributed by atoms with Gasteiger partial charge in [0.1, 0.15) is 0 Å². The van der Waals surface area contributed by atoms with Crippen LogP contribution in [0.3, 0.4) is 0 Å². The molecule has 3 N–H and O–H groups in total. The second kappa shape index (κ2) is 6.35. The molecule has 1 fully saturated rings. The van der Waals surface area contributed by atoms with Crippen molar-refractivity contribution in [3.63, 3.8) is 0 Å². The van der Waals surface area contributed by atoms with Crippen LogP contribution >= 0.6 is 0 Å². The molecule has 1 amide bonds. The number of rotatable bonds is 4.